The van der Waals surface area contributed by atoms with E-state index < -0.39 is 0 Å². The van der Waals surface area contributed by atoms with Crippen LogP contribution in [-0.4, -0.2) is 44.1 Å². The van der Waals surface area contributed by atoms with Crippen molar-refractivity contribution in [1.82, 2.24) is 10.2 Å². The van der Waals surface area contributed by atoms with Gasteiger partial charge in [0.2, 0.25) is 0 Å². The molecular weight excluding hydrogens is 312 g/mol. The van der Waals surface area contributed by atoms with Gasteiger partial charge in [0.1, 0.15) is 5.75 Å². The minimum atomic E-state index is 0. The smallest absolute Gasteiger partial charge is 0.253 e. The van der Waals surface area contributed by atoms with Crippen molar-refractivity contribution in [3.8, 4) is 5.75 Å². The lowest BCUT2D eigenvalue weighted by Gasteiger charge is -2.17. The second kappa shape index (κ2) is 10.5. The fourth-order valence-corrected chi connectivity index (χ4v) is 2.89. The van der Waals surface area contributed by atoms with Gasteiger partial charge in [-0.3, -0.25) is 4.79 Å². The molecule has 1 heterocycles. The van der Waals surface area contributed by atoms with Crippen LogP contribution in [0.15, 0.2) is 24.3 Å². The van der Waals surface area contributed by atoms with Crippen LogP contribution in [0.3, 0.4) is 0 Å². The van der Waals surface area contributed by atoms with Crippen LogP contribution in [0.25, 0.3) is 0 Å². The van der Waals surface area contributed by atoms with Crippen molar-refractivity contribution in [2.45, 2.75) is 32.6 Å². The summed E-state index contributed by atoms with van der Waals surface area (Å²) in [5, 5.41) is 3.19. The average molecular weight is 341 g/mol. The van der Waals surface area contributed by atoms with E-state index in [0.717, 1.165) is 50.4 Å². The maximum atomic E-state index is 12.5. The third kappa shape index (κ3) is 6.04. The Morgan fingerprint density at radius 1 is 1.30 bits per heavy atom. The standard InChI is InChI=1S/C18H28N2O2.ClH/c1-3-4-5-12-22-17-8-6-16(7-9-17)18(21)20-11-10-15(14-20)13-19-2;/h6-9,15,19H,3-5,10-14H2,1-2H3;1H. The van der Waals surface area contributed by atoms with Gasteiger partial charge in [0.25, 0.3) is 5.91 Å². The molecule has 130 valence electrons. The highest BCUT2D eigenvalue weighted by molar-refractivity contribution is 5.94. The lowest BCUT2D eigenvalue weighted by Crippen LogP contribution is -2.30. The fourth-order valence-electron chi connectivity index (χ4n) is 2.89. The number of rotatable bonds is 8. The quantitative estimate of drug-likeness (QED) is 0.738. The Morgan fingerprint density at radius 3 is 2.70 bits per heavy atom. The Hall–Kier alpha value is -1.26. The molecule has 0 bridgehead atoms. The van der Waals surface area contributed by atoms with Crippen molar-refractivity contribution < 1.29 is 9.53 Å². The van der Waals surface area contributed by atoms with Crippen LogP contribution >= 0.6 is 12.4 Å². The molecule has 1 fully saturated rings. The van der Waals surface area contributed by atoms with Crippen LogP contribution in [0, 0.1) is 5.92 Å². The molecule has 1 unspecified atom stereocenters. The van der Waals surface area contributed by atoms with E-state index in [1.807, 2.05) is 36.2 Å². The Balaban J connectivity index is 0.00000264. The Labute approximate surface area is 146 Å². The van der Waals surface area contributed by atoms with E-state index >= 15 is 0 Å². The van der Waals surface area contributed by atoms with Gasteiger partial charge in [-0.2, -0.15) is 0 Å². The number of nitrogens with zero attached hydrogens (tertiary/aromatic N) is 1. The summed E-state index contributed by atoms with van der Waals surface area (Å²) in [5.74, 6) is 1.56. The minimum Gasteiger partial charge on any atom is -0.494 e. The molecule has 5 heteroatoms. The maximum absolute atomic E-state index is 12.5. The molecule has 1 saturated heterocycles. The first-order valence-electron chi connectivity index (χ1n) is 8.41. The maximum Gasteiger partial charge on any atom is 0.253 e. The van der Waals surface area contributed by atoms with Crippen LogP contribution in [0.1, 0.15) is 43.0 Å². The largest absolute Gasteiger partial charge is 0.494 e. The Kier molecular flexibility index (Phi) is 9.03. The molecule has 1 atom stereocenters. The number of ether oxygens (including phenoxy) is 1. The molecule has 1 aliphatic heterocycles. The molecule has 1 aromatic rings. The van der Waals surface area contributed by atoms with Gasteiger partial charge in [0.05, 0.1) is 6.61 Å². The molecule has 4 nitrogen and oxygen atoms in total. The number of hydrogen-bond acceptors (Lipinski definition) is 3. The number of carbonyl (C=O) groups is 1. The van der Waals surface area contributed by atoms with Crippen molar-refractivity contribution in [1.29, 1.82) is 0 Å². The van der Waals surface area contributed by atoms with Crippen molar-refractivity contribution in [3.05, 3.63) is 29.8 Å². The molecule has 0 aromatic heterocycles. The van der Waals surface area contributed by atoms with E-state index in [1.165, 1.54) is 12.8 Å². The summed E-state index contributed by atoms with van der Waals surface area (Å²) in [7, 11) is 1.96. The Morgan fingerprint density at radius 2 is 2.04 bits per heavy atom. The molecular formula is C18H29ClN2O2. The fraction of sp³-hybridized carbons (Fsp3) is 0.611. The van der Waals surface area contributed by atoms with Crippen LogP contribution in [0.4, 0.5) is 0 Å². The van der Waals surface area contributed by atoms with Crippen LogP contribution in [0.2, 0.25) is 0 Å². The zero-order chi connectivity index (χ0) is 15.8. The molecule has 1 amide bonds. The van der Waals surface area contributed by atoms with Crippen LogP contribution < -0.4 is 10.1 Å². The lowest BCUT2D eigenvalue weighted by molar-refractivity contribution is 0.0787. The van der Waals surface area contributed by atoms with Crippen molar-refractivity contribution in [2.24, 2.45) is 5.92 Å². The second-order valence-electron chi connectivity index (χ2n) is 6.04. The van der Waals surface area contributed by atoms with Gasteiger partial charge >= 0.3 is 0 Å². The molecule has 23 heavy (non-hydrogen) atoms. The lowest BCUT2D eigenvalue weighted by atomic mass is 10.1. The topological polar surface area (TPSA) is 41.6 Å². The third-order valence-electron chi connectivity index (χ3n) is 4.18. The number of amides is 1. The molecule has 0 aliphatic carbocycles. The van der Waals surface area contributed by atoms with E-state index in [0.29, 0.717) is 5.92 Å². The van der Waals surface area contributed by atoms with Gasteiger partial charge < -0.3 is 15.0 Å². The Bertz CT molecular complexity index is 465. The highest BCUT2D eigenvalue weighted by atomic mass is 35.5. The summed E-state index contributed by atoms with van der Waals surface area (Å²) in [6.45, 7) is 5.63. The van der Waals surface area contributed by atoms with Crippen molar-refractivity contribution in [3.63, 3.8) is 0 Å². The van der Waals surface area contributed by atoms with Crippen LogP contribution in [0.5, 0.6) is 5.75 Å². The zero-order valence-electron chi connectivity index (χ0n) is 14.2. The first-order chi connectivity index (χ1) is 10.7. The molecule has 0 spiro atoms. The first kappa shape index (κ1) is 19.8. The molecule has 1 aromatic carbocycles. The number of hydrogen-bond donors (Lipinski definition) is 1. The highest BCUT2D eigenvalue weighted by Gasteiger charge is 2.26. The van der Waals surface area contributed by atoms with Crippen LogP contribution in [-0.2, 0) is 0 Å². The normalized spacial score (nSPS) is 17.0. The highest BCUT2D eigenvalue weighted by Crippen LogP contribution is 2.20. The van der Waals surface area contributed by atoms with E-state index in [-0.39, 0.29) is 18.3 Å². The van der Waals surface area contributed by atoms with Gasteiger partial charge in [-0.1, -0.05) is 19.8 Å². The predicted molar refractivity (Wildman–Crippen MR) is 96.6 cm³/mol. The summed E-state index contributed by atoms with van der Waals surface area (Å²) in [4.78, 5) is 14.4. The SMILES string of the molecule is CCCCCOc1ccc(C(=O)N2CCC(CNC)C2)cc1.Cl. The number of carbonyl (C=O) groups excluding carboxylic acids is 1. The molecule has 1 N–H and O–H groups in total. The minimum absolute atomic E-state index is 0. The molecule has 1 aliphatic rings. The van der Waals surface area contributed by atoms with Crippen molar-refractivity contribution >= 4 is 18.3 Å². The predicted octanol–water partition coefficient (Wildman–Crippen LogP) is 3.36. The number of nitrogens with one attached hydrogen (secondary N) is 1. The summed E-state index contributed by atoms with van der Waals surface area (Å²) >= 11 is 0. The number of unbranched alkanes of at least 4 members (excludes halogenated alkanes) is 2. The van der Waals surface area contributed by atoms with Gasteiger partial charge in [-0.05, 0) is 56.6 Å². The summed E-state index contributed by atoms with van der Waals surface area (Å²) in [5.41, 5.74) is 0.756. The third-order valence-corrected chi connectivity index (χ3v) is 4.18. The summed E-state index contributed by atoms with van der Waals surface area (Å²) in [6.07, 6.45) is 4.56. The first-order valence-corrected chi connectivity index (χ1v) is 8.41. The van der Waals surface area contributed by atoms with E-state index in [1.54, 1.807) is 0 Å². The van der Waals surface area contributed by atoms with Gasteiger partial charge in [-0.15, -0.1) is 12.4 Å². The average Bonchev–Trinajstić information content (AvgIpc) is 3.00. The number of halogens is 1. The molecule has 0 radical (unpaired) electrons. The summed E-state index contributed by atoms with van der Waals surface area (Å²) < 4.78 is 5.68. The summed E-state index contributed by atoms with van der Waals surface area (Å²) in [6, 6.07) is 7.56. The number of likely N-dealkylation sites (tertiary alicyclic amines) is 1. The molecule has 2 rings (SSSR count). The second-order valence-corrected chi connectivity index (χ2v) is 6.04. The van der Waals surface area contributed by atoms with Crippen molar-refractivity contribution in [2.75, 3.05) is 33.3 Å². The zero-order valence-corrected chi connectivity index (χ0v) is 15.0. The molecule has 0 saturated carbocycles. The van der Waals surface area contributed by atoms with E-state index in [4.69, 9.17) is 4.74 Å². The van der Waals surface area contributed by atoms with Gasteiger partial charge in [-0.25, -0.2) is 0 Å². The monoisotopic (exact) mass is 340 g/mol. The van der Waals surface area contributed by atoms with Gasteiger partial charge in [0, 0.05) is 18.7 Å². The van der Waals surface area contributed by atoms with E-state index in [9.17, 15) is 4.79 Å². The van der Waals surface area contributed by atoms with Gasteiger partial charge in [0.15, 0.2) is 0 Å². The number of benzene rings is 1. The van der Waals surface area contributed by atoms with E-state index in [2.05, 4.69) is 12.2 Å².